The van der Waals surface area contributed by atoms with E-state index in [2.05, 4.69) is 67.5 Å². The fraction of sp³-hybridized carbons (Fsp3) is 0.632. The van der Waals surface area contributed by atoms with E-state index >= 15 is 0 Å². The first-order valence-electron chi connectivity index (χ1n) is 8.91. The summed E-state index contributed by atoms with van der Waals surface area (Å²) in [6, 6.07) is 8.81. The van der Waals surface area contributed by atoms with E-state index in [1.807, 2.05) is 0 Å². The van der Waals surface area contributed by atoms with E-state index in [9.17, 15) is 0 Å². The van der Waals surface area contributed by atoms with Crippen molar-refractivity contribution in [2.75, 3.05) is 26.2 Å². The Morgan fingerprint density at radius 1 is 1.17 bits per heavy atom. The summed E-state index contributed by atoms with van der Waals surface area (Å²) in [6.07, 6.45) is 2.24. The molecule has 1 heterocycles. The van der Waals surface area contributed by atoms with E-state index in [0.29, 0.717) is 0 Å². The van der Waals surface area contributed by atoms with Crippen LogP contribution in [0.2, 0.25) is 0 Å². The Morgan fingerprint density at radius 3 is 2.54 bits per heavy atom. The smallest absolute Gasteiger partial charge is 0.191 e. The van der Waals surface area contributed by atoms with E-state index in [-0.39, 0.29) is 29.5 Å². The first-order valence-corrected chi connectivity index (χ1v) is 8.91. The molecule has 1 aromatic rings. The molecule has 0 saturated carbocycles. The van der Waals surface area contributed by atoms with Gasteiger partial charge in [-0.2, -0.15) is 0 Å². The topological polar surface area (TPSA) is 39.7 Å². The molecular weight excluding hydrogens is 411 g/mol. The van der Waals surface area contributed by atoms with Crippen molar-refractivity contribution in [3.63, 3.8) is 0 Å². The number of hydrogen-bond donors (Lipinski definition) is 2. The molecule has 0 fully saturated rings. The van der Waals surface area contributed by atoms with Crippen LogP contribution in [0.1, 0.15) is 45.2 Å². The maximum atomic E-state index is 4.81. The summed E-state index contributed by atoms with van der Waals surface area (Å²) in [5, 5.41) is 6.71. The average Bonchev–Trinajstić information content (AvgIpc) is 2.57. The lowest BCUT2D eigenvalue weighted by atomic mass is 9.94. The van der Waals surface area contributed by atoms with Gasteiger partial charge < -0.3 is 10.6 Å². The fourth-order valence-electron chi connectivity index (χ4n) is 2.97. The zero-order valence-electron chi connectivity index (χ0n) is 15.6. The van der Waals surface area contributed by atoms with Crippen molar-refractivity contribution in [3.8, 4) is 0 Å². The minimum absolute atomic E-state index is 0. The Morgan fingerprint density at radius 2 is 1.88 bits per heavy atom. The van der Waals surface area contributed by atoms with Crippen LogP contribution >= 0.6 is 24.0 Å². The monoisotopic (exact) mass is 444 g/mol. The van der Waals surface area contributed by atoms with Crippen molar-refractivity contribution in [1.29, 1.82) is 0 Å². The molecule has 0 atom stereocenters. The number of halogens is 1. The standard InChI is InChI=1S/C19H32N4.HI/c1-5-12-21-18(20-6-2)22-15-19(3,4)23-13-11-16-9-7-8-10-17(16)14-23;/h7-10H,5-6,11-15H2,1-4H3,(H2,20,21,22);1H. The third kappa shape index (κ3) is 5.92. The molecule has 0 spiro atoms. The van der Waals surface area contributed by atoms with Crippen LogP contribution < -0.4 is 10.6 Å². The van der Waals surface area contributed by atoms with Gasteiger partial charge in [0, 0.05) is 31.7 Å². The largest absolute Gasteiger partial charge is 0.357 e. The van der Waals surface area contributed by atoms with Crippen molar-refractivity contribution in [3.05, 3.63) is 35.4 Å². The zero-order valence-corrected chi connectivity index (χ0v) is 17.9. The van der Waals surface area contributed by atoms with Crippen LogP contribution in [-0.2, 0) is 13.0 Å². The van der Waals surface area contributed by atoms with Crippen LogP contribution in [-0.4, -0.2) is 42.6 Å². The zero-order chi connectivity index (χ0) is 16.7. The first kappa shape index (κ1) is 21.2. The van der Waals surface area contributed by atoms with Crippen LogP contribution in [0.4, 0.5) is 0 Å². The lowest BCUT2D eigenvalue weighted by Crippen LogP contribution is -2.49. The Kier molecular flexibility index (Phi) is 9.05. The molecule has 0 aromatic heterocycles. The molecule has 0 bridgehead atoms. The summed E-state index contributed by atoms with van der Waals surface area (Å²) in [6.45, 7) is 13.7. The fourth-order valence-corrected chi connectivity index (χ4v) is 2.97. The molecule has 5 heteroatoms. The summed E-state index contributed by atoms with van der Waals surface area (Å²) in [5.41, 5.74) is 3.02. The highest BCUT2D eigenvalue weighted by molar-refractivity contribution is 14.0. The highest BCUT2D eigenvalue weighted by Crippen LogP contribution is 2.25. The minimum Gasteiger partial charge on any atom is -0.357 e. The third-order valence-electron chi connectivity index (χ3n) is 4.50. The molecule has 1 aromatic carbocycles. The maximum absolute atomic E-state index is 4.81. The van der Waals surface area contributed by atoms with Gasteiger partial charge in [0.2, 0.25) is 0 Å². The second-order valence-corrected chi connectivity index (χ2v) is 6.87. The van der Waals surface area contributed by atoms with Crippen molar-refractivity contribution in [2.45, 2.75) is 52.6 Å². The van der Waals surface area contributed by atoms with Gasteiger partial charge in [-0.1, -0.05) is 31.2 Å². The summed E-state index contributed by atoms with van der Waals surface area (Å²) < 4.78 is 0. The second-order valence-electron chi connectivity index (χ2n) is 6.87. The highest BCUT2D eigenvalue weighted by atomic mass is 127. The van der Waals surface area contributed by atoms with Gasteiger partial charge in [0.25, 0.3) is 0 Å². The van der Waals surface area contributed by atoms with Gasteiger partial charge in [-0.3, -0.25) is 9.89 Å². The van der Waals surface area contributed by atoms with Crippen molar-refractivity contribution in [2.24, 2.45) is 4.99 Å². The number of fused-ring (bicyclic) bond motifs is 1. The Hall–Kier alpha value is -0.820. The highest BCUT2D eigenvalue weighted by Gasteiger charge is 2.29. The molecule has 0 radical (unpaired) electrons. The SMILES string of the molecule is CCCNC(=NCC(C)(C)N1CCc2ccccc2C1)NCC.I. The van der Waals surface area contributed by atoms with Crippen LogP contribution in [0.15, 0.2) is 29.3 Å². The molecule has 4 nitrogen and oxygen atoms in total. The summed E-state index contributed by atoms with van der Waals surface area (Å²) in [5.74, 6) is 0.930. The van der Waals surface area contributed by atoms with Crippen molar-refractivity contribution < 1.29 is 0 Å². The quantitative estimate of drug-likeness (QED) is 0.402. The maximum Gasteiger partial charge on any atom is 0.191 e. The Balaban J connectivity index is 0.00000288. The lowest BCUT2D eigenvalue weighted by Gasteiger charge is -2.40. The van der Waals surface area contributed by atoms with E-state index in [1.165, 1.54) is 11.1 Å². The van der Waals surface area contributed by atoms with Gasteiger partial charge >= 0.3 is 0 Å². The molecule has 24 heavy (non-hydrogen) atoms. The molecule has 1 aliphatic heterocycles. The molecule has 0 saturated heterocycles. The van der Waals surface area contributed by atoms with Gasteiger partial charge in [-0.25, -0.2) is 0 Å². The first-order chi connectivity index (χ1) is 11.1. The Bertz CT molecular complexity index is 528. The van der Waals surface area contributed by atoms with E-state index in [1.54, 1.807) is 0 Å². The van der Waals surface area contributed by atoms with Gasteiger partial charge in [0.1, 0.15) is 0 Å². The molecule has 136 valence electrons. The second kappa shape index (κ2) is 10.2. The molecule has 2 rings (SSSR count). The summed E-state index contributed by atoms with van der Waals surface area (Å²) in [7, 11) is 0. The number of aliphatic imine (C=N–C) groups is 1. The van der Waals surface area contributed by atoms with E-state index in [0.717, 1.165) is 51.5 Å². The predicted molar refractivity (Wildman–Crippen MR) is 114 cm³/mol. The van der Waals surface area contributed by atoms with Gasteiger partial charge in [0.15, 0.2) is 5.96 Å². The predicted octanol–water partition coefficient (Wildman–Crippen LogP) is 3.41. The van der Waals surface area contributed by atoms with Crippen LogP contribution in [0.25, 0.3) is 0 Å². The van der Waals surface area contributed by atoms with Gasteiger partial charge in [0.05, 0.1) is 6.54 Å². The molecule has 0 unspecified atom stereocenters. The average molecular weight is 444 g/mol. The summed E-state index contributed by atoms with van der Waals surface area (Å²) in [4.78, 5) is 7.36. The normalized spacial score (nSPS) is 15.4. The van der Waals surface area contributed by atoms with Gasteiger partial charge in [-0.05, 0) is 44.7 Å². The van der Waals surface area contributed by atoms with Crippen molar-refractivity contribution >= 4 is 29.9 Å². The molecular formula is C19H33IN4. The van der Waals surface area contributed by atoms with E-state index in [4.69, 9.17) is 4.99 Å². The number of guanidine groups is 1. The number of nitrogens with one attached hydrogen (secondary N) is 2. The van der Waals surface area contributed by atoms with Crippen LogP contribution in [0, 0.1) is 0 Å². The molecule has 0 aliphatic carbocycles. The lowest BCUT2D eigenvalue weighted by molar-refractivity contribution is 0.111. The number of rotatable bonds is 6. The van der Waals surface area contributed by atoms with E-state index < -0.39 is 0 Å². The minimum atomic E-state index is 0. The number of hydrogen-bond acceptors (Lipinski definition) is 2. The molecule has 0 amide bonds. The summed E-state index contributed by atoms with van der Waals surface area (Å²) >= 11 is 0. The molecule has 1 aliphatic rings. The number of benzene rings is 1. The van der Waals surface area contributed by atoms with Crippen molar-refractivity contribution in [1.82, 2.24) is 15.5 Å². The van der Waals surface area contributed by atoms with Crippen LogP contribution in [0.5, 0.6) is 0 Å². The number of nitrogens with zero attached hydrogens (tertiary/aromatic N) is 2. The molecule has 2 N–H and O–H groups in total. The van der Waals surface area contributed by atoms with Gasteiger partial charge in [-0.15, -0.1) is 24.0 Å². The Labute approximate surface area is 164 Å². The van der Waals surface area contributed by atoms with Crippen LogP contribution in [0.3, 0.4) is 0 Å². The third-order valence-corrected chi connectivity index (χ3v) is 4.50.